The lowest BCUT2D eigenvalue weighted by molar-refractivity contribution is 0.196. The van der Waals surface area contributed by atoms with Gasteiger partial charge in [0, 0.05) is 5.03 Å². The summed E-state index contributed by atoms with van der Waals surface area (Å²) in [6.45, 7) is 6.24. The lowest BCUT2D eigenvalue weighted by Gasteiger charge is -2.29. The summed E-state index contributed by atoms with van der Waals surface area (Å²) < 4.78 is 23.9. The minimum atomic E-state index is -3.30. The zero-order valence-corrected chi connectivity index (χ0v) is 15.5. The van der Waals surface area contributed by atoms with Crippen LogP contribution in [0.4, 0.5) is 0 Å². The second-order valence-corrected chi connectivity index (χ2v) is 7.67. The molecule has 1 aromatic carbocycles. The van der Waals surface area contributed by atoms with Gasteiger partial charge < -0.3 is 9.05 Å². The van der Waals surface area contributed by atoms with Gasteiger partial charge in [0.2, 0.25) is 0 Å². The highest BCUT2D eigenvalue weighted by Crippen LogP contribution is 2.54. The van der Waals surface area contributed by atoms with Crippen molar-refractivity contribution >= 4 is 24.2 Å². The molecule has 0 N–H and O–H groups in total. The molecule has 1 rings (SSSR count). The van der Waals surface area contributed by atoms with Crippen molar-refractivity contribution < 1.29 is 13.6 Å². The summed E-state index contributed by atoms with van der Waals surface area (Å²) in [5.74, 6) is -0.541. The Balaban J connectivity index is 3.16. The molecule has 0 saturated heterocycles. The van der Waals surface area contributed by atoms with E-state index in [0.29, 0.717) is 18.2 Å². The third-order valence-corrected chi connectivity index (χ3v) is 5.93. The zero-order chi connectivity index (χ0) is 16.8. The Bertz CT molecular complexity index is 533. The summed E-state index contributed by atoms with van der Waals surface area (Å²) in [7, 11) is 0.345. The van der Waals surface area contributed by atoms with Crippen LogP contribution in [-0.4, -0.2) is 38.0 Å². The Morgan fingerprint density at radius 3 is 2.14 bits per heavy atom. The molecule has 0 aliphatic heterocycles. The molecule has 0 spiro atoms. The Morgan fingerprint density at radius 1 is 1.23 bits per heavy atom. The minimum Gasteiger partial charge on any atom is -0.308 e. The molecule has 0 aromatic heterocycles. The van der Waals surface area contributed by atoms with E-state index in [2.05, 4.69) is 0 Å². The van der Waals surface area contributed by atoms with Crippen LogP contribution in [0.2, 0.25) is 0 Å². The van der Waals surface area contributed by atoms with Gasteiger partial charge in [0.05, 0.1) is 13.2 Å². The van der Waals surface area contributed by atoms with E-state index in [-0.39, 0.29) is 0 Å². The van der Waals surface area contributed by atoms with E-state index in [1.54, 1.807) is 24.8 Å². The molecule has 6 heteroatoms. The van der Waals surface area contributed by atoms with E-state index in [1.807, 2.05) is 45.3 Å². The van der Waals surface area contributed by atoms with Crippen LogP contribution in [0, 0.1) is 6.92 Å². The topological polar surface area (TPSA) is 38.8 Å². The standard InChI is InChI=1S/C16H25ClNO3P/c1-6-20-22(19,21-7-2)16(18(4)5)12-15(17)14-10-8-13(3)9-11-14/h8-12,16H,6-7H2,1-5H3/b15-12+. The highest BCUT2D eigenvalue weighted by atomic mass is 35.5. The van der Waals surface area contributed by atoms with Gasteiger partial charge in [-0.15, -0.1) is 0 Å². The number of nitrogens with zero attached hydrogens (tertiary/aromatic N) is 1. The van der Waals surface area contributed by atoms with Crippen LogP contribution in [0.15, 0.2) is 30.3 Å². The highest BCUT2D eigenvalue weighted by molar-refractivity contribution is 7.54. The summed E-state index contributed by atoms with van der Waals surface area (Å²) in [4.78, 5) is 1.79. The largest absolute Gasteiger partial charge is 0.351 e. The Morgan fingerprint density at radius 2 is 1.73 bits per heavy atom. The van der Waals surface area contributed by atoms with Crippen molar-refractivity contribution in [2.45, 2.75) is 26.6 Å². The molecular weight excluding hydrogens is 321 g/mol. The van der Waals surface area contributed by atoms with Crippen molar-refractivity contribution in [2.75, 3.05) is 27.3 Å². The molecule has 124 valence electrons. The SMILES string of the molecule is CCOP(=O)(OCC)C(/C=C(/Cl)c1ccc(C)cc1)N(C)C. The summed E-state index contributed by atoms with van der Waals surface area (Å²) in [5, 5.41) is 0.526. The molecule has 1 aromatic rings. The van der Waals surface area contributed by atoms with Crippen LogP contribution in [0.1, 0.15) is 25.0 Å². The monoisotopic (exact) mass is 345 g/mol. The summed E-state index contributed by atoms with van der Waals surface area (Å²) >= 11 is 6.41. The fraction of sp³-hybridized carbons (Fsp3) is 0.500. The van der Waals surface area contributed by atoms with Gasteiger partial charge in [0.15, 0.2) is 0 Å². The van der Waals surface area contributed by atoms with Gasteiger partial charge in [0.1, 0.15) is 5.78 Å². The van der Waals surface area contributed by atoms with E-state index < -0.39 is 13.4 Å². The average molecular weight is 346 g/mol. The quantitative estimate of drug-likeness (QED) is 0.638. The smallest absolute Gasteiger partial charge is 0.308 e. The van der Waals surface area contributed by atoms with Crippen molar-refractivity contribution in [3.63, 3.8) is 0 Å². The van der Waals surface area contributed by atoms with Crippen LogP contribution in [0.25, 0.3) is 5.03 Å². The van der Waals surface area contributed by atoms with Crippen LogP contribution >= 0.6 is 19.2 Å². The highest BCUT2D eigenvalue weighted by Gasteiger charge is 2.36. The normalized spacial score (nSPS) is 14.4. The number of hydrogen-bond donors (Lipinski definition) is 0. The van der Waals surface area contributed by atoms with E-state index in [1.165, 1.54) is 0 Å². The summed E-state index contributed by atoms with van der Waals surface area (Å²) in [5.41, 5.74) is 2.03. The fourth-order valence-electron chi connectivity index (χ4n) is 2.01. The first-order valence-electron chi connectivity index (χ1n) is 7.33. The fourth-order valence-corrected chi connectivity index (χ4v) is 4.34. The molecule has 1 atom stereocenters. The minimum absolute atomic E-state index is 0.317. The van der Waals surface area contributed by atoms with Crippen molar-refractivity contribution in [3.8, 4) is 0 Å². The molecule has 0 fully saturated rings. The van der Waals surface area contributed by atoms with E-state index >= 15 is 0 Å². The van der Waals surface area contributed by atoms with Gasteiger partial charge in [-0.3, -0.25) is 9.46 Å². The van der Waals surface area contributed by atoms with Crippen LogP contribution in [0.3, 0.4) is 0 Å². The van der Waals surface area contributed by atoms with Crippen molar-refractivity contribution in [1.29, 1.82) is 0 Å². The van der Waals surface area contributed by atoms with E-state index in [0.717, 1.165) is 11.1 Å². The Hall–Kier alpha value is -0.640. The maximum atomic E-state index is 13.0. The zero-order valence-electron chi connectivity index (χ0n) is 13.9. The van der Waals surface area contributed by atoms with Gasteiger partial charge >= 0.3 is 7.60 Å². The summed E-state index contributed by atoms with van der Waals surface area (Å²) in [6.07, 6.45) is 1.73. The molecule has 0 heterocycles. The molecule has 0 radical (unpaired) electrons. The van der Waals surface area contributed by atoms with Gasteiger partial charge in [-0.2, -0.15) is 0 Å². The number of rotatable bonds is 8. The molecular formula is C16H25ClNO3P. The molecule has 0 amide bonds. The van der Waals surface area contributed by atoms with Gasteiger partial charge in [0.25, 0.3) is 0 Å². The molecule has 1 unspecified atom stereocenters. The Labute approximate surface area is 138 Å². The van der Waals surface area contributed by atoms with Gasteiger partial charge in [-0.05, 0) is 46.5 Å². The van der Waals surface area contributed by atoms with Crippen LogP contribution in [0.5, 0.6) is 0 Å². The second kappa shape index (κ2) is 8.85. The maximum absolute atomic E-state index is 13.0. The average Bonchev–Trinajstić information content (AvgIpc) is 2.45. The molecule has 0 bridgehead atoms. The number of likely N-dealkylation sites (N-methyl/N-ethyl adjacent to an activating group) is 1. The molecule has 0 saturated carbocycles. The predicted octanol–water partition coefficient (Wildman–Crippen LogP) is 4.73. The van der Waals surface area contributed by atoms with E-state index in [9.17, 15) is 4.57 Å². The van der Waals surface area contributed by atoms with Crippen molar-refractivity contribution in [1.82, 2.24) is 4.90 Å². The summed E-state index contributed by atoms with van der Waals surface area (Å²) in [6, 6.07) is 7.85. The molecule has 22 heavy (non-hydrogen) atoms. The first-order chi connectivity index (χ1) is 10.3. The number of hydrogen-bond acceptors (Lipinski definition) is 4. The third-order valence-electron chi connectivity index (χ3n) is 3.09. The van der Waals surface area contributed by atoms with Crippen LogP contribution < -0.4 is 0 Å². The first-order valence-corrected chi connectivity index (χ1v) is 9.32. The van der Waals surface area contributed by atoms with E-state index in [4.69, 9.17) is 20.6 Å². The number of benzene rings is 1. The molecule has 0 aliphatic carbocycles. The van der Waals surface area contributed by atoms with Crippen LogP contribution in [-0.2, 0) is 13.6 Å². The second-order valence-electron chi connectivity index (χ2n) is 5.13. The lowest BCUT2D eigenvalue weighted by atomic mass is 10.1. The number of aryl methyl sites for hydroxylation is 1. The third kappa shape index (κ3) is 5.22. The van der Waals surface area contributed by atoms with Gasteiger partial charge in [-0.25, -0.2) is 0 Å². The number of halogens is 1. The molecule has 0 aliphatic rings. The lowest BCUT2D eigenvalue weighted by Crippen LogP contribution is -2.28. The molecule has 4 nitrogen and oxygen atoms in total. The van der Waals surface area contributed by atoms with Crippen molar-refractivity contribution in [3.05, 3.63) is 41.5 Å². The maximum Gasteiger partial charge on any atom is 0.351 e. The predicted molar refractivity (Wildman–Crippen MR) is 93.3 cm³/mol. The first kappa shape index (κ1) is 19.4. The van der Waals surface area contributed by atoms with Gasteiger partial charge in [-0.1, -0.05) is 41.4 Å². The van der Waals surface area contributed by atoms with Crippen molar-refractivity contribution in [2.24, 2.45) is 0 Å². The Kier molecular flexibility index (Phi) is 7.81.